The molecule has 18 heavy (non-hydrogen) atoms. The molecule has 0 spiro atoms. The summed E-state index contributed by atoms with van der Waals surface area (Å²) in [4.78, 5) is 0. The Balaban J connectivity index is 1.71. The summed E-state index contributed by atoms with van der Waals surface area (Å²) in [6.45, 7) is 0.965. The van der Waals surface area contributed by atoms with Crippen LogP contribution < -0.4 is 5.32 Å². The Bertz CT molecular complexity index is 481. The summed E-state index contributed by atoms with van der Waals surface area (Å²) in [7, 11) is 0. The van der Waals surface area contributed by atoms with Crippen molar-refractivity contribution in [3.05, 3.63) is 54.4 Å². The monoisotopic (exact) mass is 240 g/mol. The second-order valence-corrected chi connectivity index (χ2v) is 5.07. The molecular weight excluding hydrogens is 220 g/mol. The molecule has 0 radical (unpaired) electrons. The average Bonchev–Trinajstić information content (AvgIpc) is 3.09. The van der Waals surface area contributed by atoms with Crippen molar-refractivity contribution in [2.24, 2.45) is 0 Å². The van der Waals surface area contributed by atoms with Gasteiger partial charge >= 0.3 is 0 Å². The van der Waals surface area contributed by atoms with Crippen LogP contribution >= 0.6 is 0 Å². The van der Waals surface area contributed by atoms with E-state index in [2.05, 4.69) is 58.5 Å². The molecule has 0 aliphatic heterocycles. The Morgan fingerprint density at radius 1 is 1.00 bits per heavy atom. The molecule has 1 heterocycles. The summed E-state index contributed by atoms with van der Waals surface area (Å²) in [6, 6.07) is 15.6. The van der Waals surface area contributed by atoms with Gasteiger partial charge in [-0.3, -0.25) is 0 Å². The number of nitrogens with one attached hydrogen (secondary N) is 1. The smallest absolute Gasteiger partial charge is 0.0452 e. The first-order valence-corrected chi connectivity index (χ1v) is 6.88. The van der Waals surface area contributed by atoms with E-state index in [4.69, 9.17) is 0 Å². The fourth-order valence-electron chi connectivity index (χ4n) is 2.78. The van der Waals surface area contributed by atoms with E-state index in [0.29, 0.717) is 0 Å². The minimum atomic E-state index is 0.726. The summed E-state index contributed by atoms with van der Waals surface area (Å²) in [5.41, 5.74) is 2.58. The van der Waals surface area contributed by atoms with E-state index in [1.54, 1.807) is 0 Å². The van der Waals surface area contributed by atoms with E-state index >= 15 is 0 Å². The van der Waals surface area contributed by atoms with Gasteiger partial charge in [0.05, 0.1) is 0 Å². The van der Waals surface area contributed by atoms with Crippen molar-refractivity contribution in [2.75, 3.05) is 0 Å². The topological polar surface area (TPSA) is 17.0 Å². The molecule has 0 amide bonds. The molecular formula is C16H20N2. The van der Waals surface area contributed by atoms with Crippen molar-refractivity contribution >= 4 is 0 Å². The molecule has 1 saturated carbocycles. The third kappa shape index (κ3) is 2.49. The highest BCUT2D eigenvalue weighted by molar-refractivity contribution is 5.34. The zero-order valence-electron chi connectivity index (χ0n) is 10.7. The van der Waals surface area contributed by atoms with Gasteiger partial charge in [-0.1, -0.05) is 31.0 Å². The SMILES string of the molecule is c1ccc(-n2cccc2CNC2CCCC2)cc1. The molecule has 0 saturated heterocycles. The van der Waals surface area contributed by atoms with Crippen LogP contribution in [0.25, 0.3) is 5.69 Å². The van der Waals surface area contributed by atoms with Crippen LogP contribution in [-0.2, 0) is 6.54 Å². The minimum Gasteiger partial charge on any atom is -0.320 e. The number of nitrogens with zero attached hydrogens (tertiary/aromatic N) is 1. The van der Waals surface area contributed by atoms with Crippen molar-refractivity contribution in [3.8, 4) is 5.69 Å². The van der Waals surface area contributed by atoms with Gasteiger partial charge in [0.1, 0.15) is 0 Å². The van der Waals surface area contributed by atoms with Crippen LogP contribution in [0.15, 0.2) is 48.7 Å². The minimum absolute atomic E-state index is 0.726. The fraction of sp³-hybridized carbons (Fsp3) is 0.375. The molecule has 2 heteroatoms. The second kappa shape index (κ2) is 5.40. The molecule has 0 unspecified atom stereocenters. The zero-order valence-corrected chi connectivity index (χ0v) is 10.7. The van der Waals surface area contributed by atoms with Gasteiger partial charge in [0.25, 0.3) is 0 Å². The third-order valence-electron chi connectivity index (χ3n) is 3.79. The summed E-state index contributed by atoms with van der Waals surface area (Å²) < 4.78 is 2.27. The zero-order chi connectivity index (χ0) is 12.2. The van der Waals surface area contributed by atoms with Crippen LogP contribution in [0.4, 0.5) is 0 Å². The van der Waals surface area contributed by atoms with Gasteiger partial charge < -0.3 is 9.88 Å². The first kappa shape index (κ1) is 11.5. The molecule has 1 N–H and O–H groups in total. The number of para-hydroxylation sites is 1. The first-order chi connectivity index (χ1) is 8.93. The number of hydrogen-bond acceptors (Lipinski definition) is 1. The largest absolute Gasteiger partial charge is 0.320 e. The quantitative estimate of drug-likeness (QED) is 0.865. The van der Waals surface area contributed by atoms with E-state index in [1.165, 1.54) is 37.1 Å². The molecule has 0 atom stereocenters. The van der Waals surface area contributed by atoms with Crippen molar-refractivity contribution in [1.29, 1.82) is 0 Å². The van der Waals surface area contributed by atoms with Gasteiger partial charge in [-0.05, 0) is 37.1 Å². The average molecular weight is 240 g/mol. The second-order valence-electron chi connectivity index (χ2n) is 5.07. The lowest BCUT2D eigenvalue weighted by atomic mass is 10.2. The van der Waals surface area contributed by atoms with Gasteiger partial charge in [0.15, 0.2) is 0 Å². The normalized spacial score (nSPS) is 16.2. The van der Waals surface area contributed by atoms with E-state index in [-0.39, 0.29) is 0 Å². The van der Waals surface area contributed by atoms with Gasteiger partial charge in [-0.25, -0.2) is 0 Å². The summed E-state index contributed by atoms with van der Waals surface area (Å²) in [6.07, 6.45) is 7.59. The van der Waals surface area contributed by atoms with Crippen molar-refractivity contribution in [3.63, 3.8) is 0 Å². The molecule has 1 aromatic carbocycles. The number of hydrogen-bond donors (Lipinski definition) is 1. The summed E-state index contributed by atoms with van der Waals surface area (Å²) in [5, 5.41) is 3.67. The Kier molecular flexibility index (Phi) is 3.47. The van der Waals surface area contributed by atoms with Crippen LogP contribution in [0.1, 0.15) is 31.4 Å². The Morgan fingerprint density at radius 3 is 2.56 bits per heavy atom. The summed E-state index contributed by atoms with van der Waals surface area (Å²) in [5.74, 6) is 0. The van der Waals surface area contributed by atoms with Gasteiger partial charge in [0, 0.05) is 30.2 Å². The highest BCUT2D eigenvalue weighted by Gasteiger charge is 2.14. The molecule has 1 fully saturated rings. The first-order valence-electron chi connectivity index (χ1n) is 6.88. The Hall–Kier alpha value is -1.54. The van der Waals surface area contributed by atoms with Crippen molar-refractivity contribution in [1.82, 2.24) is 9.88 Å². The van der Waals surface area contributed by atoms with Gasteiger partial charge in [-0.15, -0.1) is 0 Å². The Morgan fingerprint density at radius 2 is 1.78 bits per heavy atom. The van der Waals surface area contributed by atoms with Gasteiger partial charge in [-0.2, -0.15) is 0 Å². The van der Waals surface area contributed by atoms with Crippen molar-refractivity contribution < 1.29 is 0 Å². The van der Waals surface area contributed by atoms with E-state index < -0.39 is 0 Å². The van der Waals surface area contributed by atoms with Crippen LogP contribution in [0, 0.1) is 0 Å². The van der Waals surface area contributed by atoms with E-state index in [9.17, 15) is 0 Å². The summed E-state index contributed by atoms with van der Waals surface area (Å²) >= 11 is 0. The third-order valence-corrected chi connectivity index (χ3v) is 3.79. The number of rotatable bonds is 4. The van der Waals surface area contributed by atoms with Crippen LogP contribution in [-0.4, -0.2) is 10.6 Å². The molecule has 94 valence electrons. The lowest BCUT2D eigenvalue weighted by Crippen LogP contribution is -2.26. The molecule has 2 nitrogen and oxygen atoms in total. The molecule has 1 aliphatic carbocycles. The predicted molar refractivity (Wildman–Crippen MR) is 74.9 cm³/mol. The van der Waals surface area contributed by atoms with Crippen molar-refractivity contribution in [2.45, 2.75) is 38.3 Å². The highest BCUT2D eigenvalue weighted by Crippen LogP contribution is 2.19. The number of benzene rings is 1. The maximum Gasteiger partial charge on any atom is 0.0452 e. The Labute approximate surface area is 109 Å². The van der Waals surface area contributed by atoms with Crippen LogP contribution in [0.5, 0.6) is 0 Å². The van der Waals surface area contributed by atoms with Crippen LogP contribution in [0.3, 0.4) is 0 Å². The van der Waals surface area contributed by atoms with Gasteiger partial charge in [0.2, 0.25) is 0 Å². The predicted octanol–water partition coefficient (Wildman–Crippen LogP) is 3.51. The maximum absolute atomic E-state index is 3.67. The molecule has 0 bridgehead atoms. The van der Waals surface area contributed by atoms with E-state index in [0.717, 1.165) is 12.6 Å². The lowest BCUT2D eigenvalue weighted by Gasteiger charge is -2.14. The number of aromatic nitrogens is 1. The van der Waals surface area contributed by atoms with E-state index in [1.807, 2.05) is 0 Å². The van der Waals surface area contributed by atoms with Crippen LogP contribution in [0.2, 0.25) is 0 Å². The molecule has 1 aromatic heterocycles. The lowest BCUT2D eigenvalue weighted by molar-refractivity contribution is 0.516. The molecule has 2 aromatic rings. The standard InChI is InChI=1S/C16H20N2/c1-2-9-15(10-3-1)18-12-6-11-16(18)13-17-14-7-4-5-8-14/h1-3,6,9-12,14,17H,4-5,7-8,13H2. The molecule has 1 aliphatic rings. The maximum atomic E-state index is 3.67. The fourth-order valence-corrected chi connectivity index (χ4v) is 2.78. The molecule has 3 rings (SSSR count). The highest BCUT2D eigenvalue weighted by atomic mass is 15.0.